The molecule has 1 aliphatic carbocycles. The van der Waals surface area contributed by atoms with Gasteiger partial charge < -0.3 is 5.11 Å². The molecule has 1 aliphatic heterocycles. The number of aliphatic hydroxyl groups excluding tert-OH is 1. The van der Waals surface area contributed by atoms with E-state index in [4.69, 9.17) is 0 Å². The second kappa shape index (κ2) is 3.97. The molecule has 1 saturated heterocycles. The molecule has 2 nitrogen and oxygen atoms in total. The van der Waals surface area contributed by atoms with Crippen LogP contribution in [0.25, 0.3) is 0 Å². The van der Waals surface area contributed by atoms with Gasteiger partial charge in [-0.25, -0.2) is 0 Å². The highest BCUT2D eigenvalue weighted by Gasteiger charge is 2.29. The van der Waals surface area contributed by atoms with Crippen molar-refractivity contribution in [2.75, 3.05) is 13.1 Å². The summed E-state index contributed by atoms with van der Waals surface area (Å²) in [6.07, 6.45) is 6.43. The van der Waals surface area contributed by atoms with Gasteiger partial charge in [0.2, 0.25) is 0 Å². The topological polar surface area (TPSA) is 23.5 Å². The monoisotopic (exact) mass is 183 g/mol. The second-order valence-corrected chi connectivity index (χ2v) is 4.85. The number of β-amino-alcohol motifs (C(OH)–C–C–N with tert-alkyl or cyclic N) is 1. The lowest BCUT2D eigenvalue weighted by Crippen LogP contribution is -2.36. The fourth-order valence-electron chi connectivity index (χ4n) is 2.71. The normalized spacial score (nSPS) is 42.5. The highest BCUT2D eigenvalue weighted by atomic mass is 16.3. The van der Waals surface area contributed by atoms with E-state index < -0.39 is 0 Å². The molecule has 0 unspecified atom stereocenters. The van der Waals surface area contributed by atoms with Crippen LogP contribution in [-0.4, -0.2) is 35.2 Å². The molecule has 0 spiro atoms. The summed E-state index contributed by atoms with van der Waals surface area (Å²) >= 11 is 0. The van der Waals surface area contributed by atoms with Crippen LogP contribution in [0.5, 0.6) is 0 Å². The van der Waals surface area contributed by atoms with E-state index in [9.17, 15) is 5.11 Å². The van der Waals surface area contributed by atoms with Crippen LogP contribution >= 0.6 is 0 Å². The van der Waals surface area contributed by atoms with E-state index >= 15 is 0 Å². The average molecular weight is 183 g/mol. The molecule has 76 valence electrons. The summed E-state index contributed by atoms with van der Waals surface area (Å²) in [5.74, 6) is 0.934. The molecule has 1 heterocycles. The maximum absolute atomic E-state index is 9.44. The van der Waals surface area contributed by atoms with Crippen LogP contribution in [-0.2, 0) is 0 Å². The van der Waals surface area contributed by atoms with Gasteiger partial charge in [0.15, 0.2) is 0 Å². The van der Waals surface area contributed by atoms with Crippen LogP contribution in [0.3, 0.4) is 0 Å². The smallest absolute Gasteiger partial charge is 0.0679 e. The number of likely N-dealkylation sites (tertiary alicyclic amines) is 1. The lowest BCUT2D eigenvalue weighted by Gasteiger charge is -2.33. The first-order valence-electron chi connectivity index (χ1n) is 5.68. The van der Waals surface area contributed by atoms with Crippen LogP contribution in [0.2, 0.25) is 0 Å². The molecule has 0 aromatic rings. The van der Waals surface area contributed by atoms with Crippen molar-refractivity contribution in [1.29, 1.82) is 0 Å². The summed E-state index contributed by atoms with van der Waals surface area (Å²) in [6.45, 7) is 4.41. The van der Waals surface area contributed by atoms with Crippen LogP contribution in [0.15, 0.2) is 0 Å². The summed E-state index contributed by atoms with van der Waals surface area (Å²) in [5.41, 5.74) is 0. The zero-order valence-corrected chi connectivity index (χ0v) is 8.58. The van der Waals surface area contributed by atoms with Gasteiger partial charge >= 0.3 is 0 Å². The molecular formula is C11H21NO. The van der Waals surface area contributed by atoms with Gasteiger partial charge in [0, 0.05) is 19.1 Å². The third-order valence-electron chi connectivity index (χ3n) is 3.70. The molecule has 2 aliphatic rings. The Hall–Kier alpha value is -0.0800. The van der Waals surface area contributed by atoms with E-state index in [0.29, 0.717) is 0 Å². The summed E-state index contributed by atoms with van der Waals surface area (Å²) in [4.78, 5) is 2.50. The maximum atomic E-state index is 9.44. The van der Waals surface area contributed by atoms with Crippen molar-refractivity contribution >= 4 is 0 Å². The molecule has 2 fully saturated rings. The van der Waals surface area contributed by atoms with Gasteiger partial charge in [-0.1, -0.05) is 6.92 Å². The zero-order chi connectivity index (χ0) is 9.26. The first-order valence-corrected chi connectivity index (χ1v) is 5.68. The number of nitrogens with zero attached hydrogens (tertiary/aromatic N) is 1. The Labute approximate surface area is 80.9 Å². The second-order valence-electron chi connectivity index (χ2n) is 4.85. The van der Waals surface area contributed by atoms with Crippen LogP contribution in [0, 0.1) is 5.92 Å². The fourth-order valence-corrected chi connectivity index (χ4v) is 2.71. The van der Waals surface area contributed by atoms with Crippen molar-refractivity contribution in [1.82, 2.24) is 4.90 Å². The predicted molar refractivity (Wildman–Crippen MR) is 53.6 cm³/mol. The van der Waals surface area contributed by atoms with Gasteiger partial charge in [-0.3, -0.25) is 4.90 Å². The first-order chi connectivity index (χ1) is 6.25. The van der Waals surface area contributed by atoms with Crippen molar-refractivity contribution in [3.63, 3.8) is 0 Å². The van der Waals surface area contributed by atoms with Gasteiger partial charge in [-0.2, -0.15) is 0 Å². The maximum Gasteiger partial charge on any atom is 0.0679 e. The number of aliphatic hydroxyl groups is 1. The molecular weight excluding hydrogens is 162 g/mol. The number of hydrogen-bond acceptors (Lipinski definition) is 2. The molecule has 13 heavy (non-hydrogen) atoms. The largest absolute Gasteiger partial charge is 0.392 e. The van der Waals surface area contributed by atoms with E-state index in [-0.39, 0.29) is 6.10 Å². The Balaban J connectivity index is 1.81. The van der Waals surface area contributed by atoms with Crippen molar-refractivity contribution in [3.05, 3.63) is 0 Å². The van der Waals surface area contributed by atoms with Gasteiger partial charge in [0.05, 0.1) is 6.10 Å². The third-order valence-corrected chi connectivity index (χ3v) is 3.70. The van der Waals surface area contributed by atoms with Crippen LogP contribution in [0.4, 0.5) is 0 Å². The van der Waals surface area contributed by atoms with Crippen molar-refractivity contribution in [2.24, 2.45) is 5.92 Å². The Morgan fingerprint density at radius 1 is 1.08 bits per heavy atom. The van der Waals surface area contributed by atoms with Crippen LogP contribution < -0.4 is 0 Å². The molecule has 2 rings (SSSR count). The number of rotatable bonds is 1. The quantitative estimate of drug-likeness (QED) is 0.668. The standard InChI is InChI=1S/C11H21NO/c1-9-2-4-10(5-3-9)12-7-6-11(13)8-12/h9-11,13H,2-8H2,1H3/t9?,10?,11-/m1/s1. The molecule has 0 radical (unpaired) electrons. The van der Waals surface area contributed by atoms with Crippen molar-refractivity contribution in [3.8, 4) is 0 Å². The fraction of sp³-hybridized carbons (Fsp3) is 1.00. The van der Waals surface area contributed by atoms with Gasteiger partial charge in [0.25, 0.3) is 0 Å². The van der Waals surface area contributed by atoms with Crippen molar-refractivity contribution in [2.45, 2.75) is 51.2 Å². The van der Waals surface area contributed by atoms with Gasteiger partial charge in [-0.15, -0.1) is 0 Å². The molecule has 1 saturated carbocycles. The Bertz CT molecular complexity index is 163. The minimum Gasteiger partial charge on any atom is -0.392 e. The third kappa shape index (κ3) is 2.23. The minimum absolute atomic E-state index is 0.0423. The molecule has 0 aromatic heterocycles. The van der Waals surface area contributed by atoms with Crippen LogP contribution in [0.1, 0.15) is 39.0 Å². The van der Waals surface area contributed by atoms with E-state index in [2.05, 4.69) is 11.8 Å². The Morgan fingerprint density at radius 2 is 1.77 bits per heavy atom. The molecule has 1 N–H and O–H groups in total. The predicted octanol–water partition coefficient (Wildman–Crippen LogP) is 1.63. The highest BCUT2D eigenvalue weighted by Crippen LogP contribution is 2.28. The van der Waals surface area contributed by atoms with E-state index in [0.717, 1.165) is 31.5 Å². The summed E-state index contributed by atoms with van der Waals surface area (Å²) < 4.78 is 0. The van der Waals surface area contributed by atoms with E-state index in [1.165, 1.54) is 25.7 Å². The molecule has 1 atom stereocenters. The van der Waals surface area contributed by atoms with Crippen molar-refractivity contribution < 1.29 is 5.11 Å². The minimum atomic E-state index is -0.0423. The van der Waals surface area contributed by atoms with E-state index in [1.54, 1.807) is 0 Å². The SMILES string of the molecule is CC1CCC(N2CC[C@@H](O)C2)CC1. The molecule has 0 amide bonds. The molecule has 2 heteroatoms. The molecule has 0 bridgehead atoms. The van der Waals surface area contributed by atoms with Gasteiger partial charge in [-0.05, 0) is 38.0 Å². The lowest BCUT2D eigenvalue weighted by atomic mass is 9.87. The first kappa shape index (κ1) is 9.47. The summed E-state index contributed by atoms with van der Waals surface area (Å²) in [7, 11) is 0. The summed E-state index contributed by atoms with van der Waals surface area (Å²) in [6, 6.07) is 0.786. The Kier molecular flexibility index (Phi) is 2.89. The molecule has 0 aromatic carbocycles. The Morgan fingerprint density at radius 3 is 2.31 bits per heavy atom. The van der Waals surface area contributed by atoms with Gasteiger partial charge in [0.1, 0.15) is 0 Å². The highest BCUT2D eigenvalue weighted by molar-refractivity contribution is 4.84. The summed E-state index contributed by atoms with van der Waals surface area (Å²) in [5, 5.41) is 9.44. The lowest BCUT2D eigenvalue weighted by molar-refractivity contribution is 0.133. The average Bonchev–Trinajstić information content (AvgIpc) is 2.53. The number of hydrogen-bond donors (Lipinski definition) is 1. The zero-order valence-electron chi connectivity index (χ0n) is 8.58. The van der Waals surface area contributed by atoms with E-state index in [1.807, 2.05) is 0 Å².